The molecule has 0 radical (unpaired) electrons. The molecule has 1 aliphatic rings. The van der Waals surface area contributed by atoms with Gasteiger partial charge in [-0.15, -0.1) is 11.3 Å². The number of rotatable bonds is 5. The number of benzene rings is 1. The average molecular weight is 401 g/mol. The number of esters is 1. The van der Waals surface area contributed by atoms with E-state index in [0.717, 1.165) is 42.5 Å². The van der Waals surface area contributed by atoms with Crippen molar-refractivity contribution in [3.05, 3.63) is 45.8 Å². The number of aryl methyl sites for hydroxylation is 1. The summed E-state index contributed by atoms with van der Waals surface area (Å²) in [4.78, 5) is 37.9. The summed E-state index contributed by atoms with van der Waals surface area (Å²) in [5.74, 6) is -0.861. The number of nitrogens with one attached hydrogen (secondary N) is 2. The number of anilines is 2. The van der Waals surface area contributed by atoms with Crippen LogP contribution < -0.4 is 10.6 Å². The average Bonchev–Trinajstić information content (AvgIpc) is 2.87. The summed E-state index contributed by atoms with van der Waals surface area (Å²) < 4.78 is 4.97. The first-order valence-corrected chi connectivity index (χ1v) is 10.3. The lowest BCUT2D eigenvalue weighted by Gasteiger charge is -2.09. The lowest BCUT2D eigenvalue weighted by molar-refractivity contribution is -0.115. The number of carbonyl (C=O) groups is 3. The van der Waals surface area contributed by atoms with E-state index in [1.165, 1.54) is 18.4 Å². The SMILES string of the molecule is CCC(=O)Nc1cccc(C(=O)Nc2sc3c(c2C(=O)OC)CCCCC3)c1. The highest BCUT2D eigenvalue weighted by Crippen LogP contribution is 2.38. The molecule has 1 aliphatic carbocycles. The molecule has 0 unspecified atom stereocenters. The van der Waals surface area contributed by atoms with Gasteiger partial charge in [-0.25, -0.2) is 4.79 Å². The van der Waals surface area contributed by atoms with Crippen molar-refractivity contribution in [2.45, 2.75) is 45.4 Å². The van der Waals surface area contributed by atoms with Crippen LogP contribution in [0.1, 0.15) is 63.8 Å². The van der Waals surface area contributed by atoms with Gasteiger partial charge in [-0.2, -0.15) is 0 Å². The number of hydrogen-bond acceptors (Lipinski definition) is 5. The van der Waals surface area contributed by atoms with Gasteiger partial charge in [0.15, 0.2) is 0 Å². The van der Waals surface area contributed by atoms with Gasteiger partial charge in [0.2, 0.25) is 5.91 Å². The maximum atomic E-state index is 12.8. The number of amides is 2. The summed E-state index contributed by atoms with van der Waals surface area (Å²) in [6.07, 6.45) is 5.35. The minimum atomic E-state index is -0.418. The van der Waals surface area contributed by atoms with Crippen molar-refractivity contribution in [2.75, 3.05) is 17.7 Å². The first kappa shape index (κ1) is 20.1. The number of carbonyl (C=O) groups excluding carboxylic acids is 3. The van der Waals surface area contributed by atoms with E-state index in [9.17, 15) is 14.4 Å². The molecule has 0 spiro atoms. The van der Waals surface area contributed by atoms with Crippen LogP contribution in [0.3, 0.4) is 0 Å². The Labute approximate surface area is 168 Å². The van der Waals surface area contributed by atoms with Crippen LogP contribution in [-0.2, 0) is 22.4 Å². The van der Waals surface area contributed by atoms with Gasteiger partial charge in [0, 0.05) is 22.5 Å². The predicted octanol–water partition coefficient (Wildman–Crippen LogP) is 4.40. The Hall–Kier alpha value is -2.67. The highest BCUT2D eigenvalue weighted by atomic mass is 32.1. The maximum absolute atomic E-state index is 12.8. The van der Waals surface area contributed by atoms with E-state index in [-0.39, 0.29) is 11.8 Å². The largest absolute Gasteiger partial charge is 0.465 e. The van der Waals surface area contributed by atoms with Crippen molar-refractivity contribution in [1.82, 2.24) is 0 Å². The Morgan fingerprint density at radius 2 is 1.89 bits per heavy atom. The van der Waals surface area contributed by atoms with Crippen molar-refractivity contribution in [3.8, 4) is 0 Å². The standard InChI is InChI=1S/C21H24N2O4S/c1-3-17(24)22-14-9-7-8-13(12-14)19(25)23-20-18(21(26)27-2)15-10-5-4-6-11-16(15)28-20/h7-9,12H,3-6,10-11H2,1-2H3,(H,22,24)(H,23,25). The van der Waals surface area contributed by atoms with Crippen molar-refractivity contribution in [1.29, 1.82) is 0 Å². The fourth-order valence-corrected chi connectivity index (χ4v) is 4.58. The molecule has 2 N–H and O–H groups in total. The summed E-state index contributed by atoms with van der Waals surface area (Å²) >= 11 is 1.46. The van der Waals surface area contributed by atoms with Crippen molar-refractivity contribution < 1.29 is 19.1 Å². The summed E-state index contributed by atoms with van der Waals surface area (Å²) in [5, 5.41) is 6.16. The fourth-order valence-electron chi connectivity index (χ4n) is 3.31. The van der Waals surface area contributed by atoms with Gasteiger partial charge in [-0.05, 0) is 49.4 Å². The first-order chi connectivity index (χ1) is 13.5. The second kappa shape index (κ2) is 9.01. The number of thiophene rings is 1. The summed E-state index contributed by atoms with van der Waals surface area (Å²) in [7, 11) is 1.36. The van der Waals surface area contributed by atoms with E-state index in [1.807, 2.05) is 0 Å². The number of hydrogen-bond donors (Lipinski definition) is 2. The van der Waals surface area contributed by atoms with Gasteiger partial charge in [-0.3, -0.25) is 9.59 Å². The van der Waals surface area contributed by atoms with Crippen molar-refractivity contribution in [2.24, 2.45) is 0 Å². The van der Waals surface area contributed by atoms with Gasteiger partial charge < -0.3 is 15.4 Å². The molecule has 6 nitrogen and oxygen atoms in total. The van der Waals surface area contributed by atoms with E-state index in [4.69, 9.17) is 4.74 Å². The zero-order valence-corrected chi connectivity index (χ0v) is 16.9. The van der Waals surface area contributed by atoms with Gasteiger partial charge in [0.1, 0.15) is 5.00 Å². The van der Waals surface area contributed by atoms with E-state index in [2.05, 4.69) is 10.6 Å². The third-order valence-electron chi connectivity index (χ3n) is 4.77. The normalized spacial score (nSPS) is 13.2. The first-order valence-electron chi connectivity index (χ1n) is 9.47. The van der Waals surface area contributed by atoms with Crippen LogP contribution in [0.15, 0.2) is 24.3 Å². The molecule has 2 amide bonds. The van der Waals surface area contributed by atoms with Crippen LogP contribution >= 0.6 is 11.3 Å². The van der Waals surface area contributed by atoms with E-state index >= 15 is 0 Å². The molecular weight excluding hydrogens is 376 g/mol. The third kappa shape index (κ3) is 4.42. The number of methoxy groups -OCH3 is 1. The smallest absolute Gasteiger partial charge is 0.341 e. The maximum Gasteiger partial charge on any atom is 0.341 e. The second-order valence-electron chi connectivity index (χ2n) is 6.70. The van der Waals surface area contributed by atoms with Crippen molar-refractivity contribution >= 4 is 39.8 Å². The molecule has 2 aromatic rings. The van der Waals surface area contributed by atoms with Crippen LogP contribution in [0, 0.1) is 0 Å². The fraction of sp³-hybridized carbons (Fsp3) is 0.381. The molecule has 1 aromatic heterocycles. The molecule has 1 aromatic carbocycles. The lowest BCUT2D eigenvalue weighted by Crippen LogP contribution is -2.15. The quantitative estimate of drug-likeness (QED) is 0.575. The van der Waals surface area contributed by atoms with Gasteiger partial charge in [0.05, 0.1) is 12.7 Å². The number of fused-ring (bicyclic) bond motifs is 1. The molecule has 0 atom stereocenters. The van der Waals surface area contributed by atoms with Crippen LogP contribution in [0.5, 0.6) is 0 Å². The van der Waals surface area contributed by atoms with E-state index in [0.29, 0.717) is 28.2 Å². The molecule has 3 rings (SSSR count). The molecule has 0 aliphatic heterocycles. The van der Waals surface area contributed by atoms with Crippen LogP contribution in [0.25, 0.3) is 0 Å². The van der Waals surface area contributed by atoms with Crippen molar-refractivity contribution in [3.63, 3.8) is 0 Å². The van der Waals surface area contributed by atoms with Gasteiger partial charge >= 0.3 is 5.97 Å². The Bertz CT molecular complexity index is 904. The topological polar surface area (TPSA) is 84.5 Å². The Kier molecular flexibility index (Phi) is 6.46. The minimum Gasteiger partial charge on any atom is -0.465 e. The second-order valence-corrected chi connectivity index (χ2v) is 7.80. The molecular formula is C21H24N2O4S. The molecule has 0 saturated carbocycles. The molecule has 0 fully saturated rings. The highest BCUT2D eigenvalue weighted by molar-refractivity contribution is 7.17. The Morgan fingerprint density at radius 1 is 1.11 bits per heavy atom. The van der Waals surface area contributed by atoms with Gasteiger partial charge in [0.25, 0.3) is 5.91 Å². The van der Waals surface area contributed by atoms with Gasteiger partial charge in [-0.1, -0.05) is 19.4 Å². The zero-order valence-electron chi connectivity index (χ0n) is 16.1. The highest BCUT2D eigenvalue weighted by Gasteiger charge is 2.26. The Balaban J connectivity index is 1.87. The zero-order chi connectivity index (χ0) is 20.1. The van der Waals surface area contributed by atoms with E-state index < -0.39 is 5.97 Å². The molecule has 148 valence electrons. The predicted molar refractivity (Wildman–Crippen MR) is 110 cm³/mol. The summed E-state index contributed by atoms with van der Waals surface area (Å²) in [6.45, 7) is 1.76. The molecule has 1 heterocycles. The van der Waals surface area contributed by atoms with Crippen LogP contribution in [-0.4, -0.2) is 24.9 Å². The third-order valence-corrected chi connectivity index (χ3v) is 5.97. The lowest BCUT2D eigenvalue weighted by atomic mass is 10.1. The van der Waals surface area contributed by atoms with E-state index in [1.54, 1.807) is 31.2 Å². The summed E-state index contributed by atoms with van der Waals surface area (Å²) in [6, 6.07) is 6.75. The Morgan fingerprint density at radius 3 is 2.64 bits per heavy atom. The monoisotopic (exact) mass is 400 g/mol. The summed E-state index contributed by atoms with van der Waals surface area (Å²) in [5.41, 5.74) is 2.46. The number of ether oxygens (including phenoxy) is 1. The minimum absolute atomic E-state index is 0.118. The molecule has 28 heavy (non-hydrogen) atoms. The molecule has 0 saturated heterocycles. The molecule has 7 heteroatoms. The van der Waals surface area contributed by atoms with Crippen LogP contribution in [0.4, 0.5) is 10.7 Å². The van der Waals surface area contributed by atoms with Crippen LogP contribution in [0.2, 0.25) is 0 Å². The molecule has 0 bridgehead atoms.